The van der Waals surface area contributed by atoms with Gasteiger partial charge in [0.15, 0.2) is 5.82 Å². The molecule has 1 unspecified atom stereocenters. The van der Waals surface area contributed by atoms with E-state index in [0.717, 1.165) is 51.4 Å². The Morgan fingerprint density at radius 2 is 1.45 bits per heavy atom. The van der Waals surface area contributed by atoms with Gasteiger partial charge in [0.1, 0.15) is 16.3 Å². The van der Waals surface area contributed by atoms with Gasteiger partial charge in [-0.05, 0) is 63.0 Å². The second-order valence-corrected chi connectivity index (χ2v) is 12.8. The highest BCUT2D eigenvalue weighted by atomic mass is 32.2. The number of nitrogens with zero attached hydrogens (tertiary/aromatic N) is 2. The lowest BCUT2D eigenvalue weighted by atomic mass is 10.0. The van der Waals surface area contributed by atoms with Crippen LogP contribution in [0.25, 0.3) is 39.3 Å². The first kappa shape index (κ1) is 32.6. The van der Waals surface area contributed by atoms with E-state index in [1.165, 1.54) is 0 Å². The fraction of sp³-hybridized carbons (Fsp3) is 0.353. The van der Waals surface area contributed by atoms with Crippen LogP contribution in [-0.2, 0) is 14.4 Å². The number of benzene rings is 2. The van der Waals surface area contributed by atoms with Gasteiger partial charge >= 0.3 is 6.09 Å². The summed E-state index contributed by atoms with van der Waals surface area (Å²) in [4.78, 5) is 39.3. The Labute approximate surface area is 263 Å². The van der Waals surface area contributed by atoms with Crippen molar-refractivity contribution in [3.05, 3.63) is 78.1 Å². The number of alkyl carbamates (subject to hydrolysis) is 1. The van der Waals surface area contributed by atoms with Crippen molar-refractivity contribution in [1.29, 1.82) is 0 Å². The average molecular weight is 615 g/mol. The van der Waals surface area contributed by atoms with Crippen molar-refractivity contribution >= 4 is 30.0 Å². The molecule has 10 heteroatoms. The first-order valence-corrected chi connectivity index (χ1v) is 15.9. The Kier molecular flexibility index (Phi) is 10.0. The SMILES string of the molecule is CCC(C)(C)OC(=O)NC(=C(C)C)c1nc(-c2ccc(-c3ccc(-c4c[nH]c(C(NC=O)(SC)C(C)C)n4)cc3)cc2)c[nH]1. The highest BCUT2D eigenvalue weighted by Crippen LogP contribution is 2.38. The fourth-order valence-electron chi connectivity index (χ4n) is 4.78. The minimum absolute atomic E-state index is 0.132. The van der Waals surface area contributed by atoms with E-state index in [1.807, 2.05) is 77.5 Å². The van der Waals surface area contributed by atoms with E-state index in [0.29, 0.717) is 17.9 Å². The van der Waals surface area contributed by atoms with E-state index in [1.54, 1.807) is 11.8 Å². The maximum Gasteiger partial charge on any atom is 0.412 e. The minimum atomic E-state index is -0.627. The molecule has 4 N–H and O–H groups in total. The number of ether oxygens (including phenoxy) is 1. The molecule has 0 spiro atoms. The van der Waals surface area contributed by atoms with Gasteiger partial charge in [0.2, 0.25) is 6.41 Å². The molecule has 0 saturated carbocycles. The molecule has 0 radical (unpaired) electrons. The van der Waals surface area contributed by atoms with Crippen LogP contribution in [0.1, 0.15) is 66.5 Å². The van der Waals surface area contributed by atoms with Crippen molar-refractivity contribution in [1.82, 2.24) is 30.6 Å². The predicted octanol–water partition coefficient (Wildman–Crippen LogP) is 7.72. The standard InChI is InChI=1S/C34H42N6O3S/c1-9-33(6,7)43-32(42)40-29(21(2)3)30-35-18-27(38-30)25-14-10-23(11-15-25)24-12-16-26(17-13-24)28-19-36-31(39-28)34(44-8,22(4)5)37-20-41/h10-20,22H,9H2,1-8H3,(H,35,38)(H,36,39)(H,37,41)(H,40,42). The first-order valence-electron chi connectivity index (χ1n) is 14.7. The molecule has 0 saturated heterocycles. The maximum atomic E-state index is 12.5. The van der Waals surface area contributed by atoms with E-state index in [4.69, 9.17) is 14.7 Å². The molecule has 2 amide bonds. The topological polar surface area (TPSA) is 125 Å². The number of allylic oxidation sites excluding steroid dienone is 1. The summed E-state index contributed by atoms with van der Waals surface area (Å²) in [6.45, 7) is 13.7. The van der Waals surface area contributed by atoms with Crippen molar-refractivity contribution in [2.24, 2.45) is 5.92 Å². The van der Waals surface area contributed by atoms with Crippen LogP contribution >= 0.6 is 11.8 Å². The lowest BCUT2D eigenvalue weighted by molar-refractivity contribution is -0.110. The van der Waals surface area contributed by atoms with Gasteiger partial charge in [-0.25, -0.2) is 14.8 Å². The summed E-state index contributed by atoms with van der Waals surface area (Å²) in [5, 5.41) is 5.82. The summed E-state index contributed by atoms with van der Waals surface area (Å²) in [6.07, 6.45) is 6.61. The maximum absolute atomic E-state index is 12.5. The monoisotopic (exact) mass is 614 g/mol. The van der Waals surface area contributed by atoms with Crippen molar-refractivity contribution in [2.75, 3.05) is 6.26 Å². The Hall–Kier alpha value is -4.31. The molecular formula is C34H42N6O3S. The summed E-state index contributed by atoms with van der Waals surface area (Å²) in [5.41, 5.74) is 6.61. The number of hydrogen-bond donors (Lipinski definition) is 4. The van der Waals surface area contributed by atoms with Crippen LogP contribution < -0.4 is 10.6 Å². The number of thioether (sulfide) groups is 1. The highest BCUT2D eigenvalue weighted by Gasteiger charge is 2.37. The van der Waals surface area contributed by atoms with E-state index >= 15 is 0 Å². The van der Waals surface area contributed by atoms with Gasteiger partial charge in [-0.2, -0.15) is 0 Å². The number of imidazole rings is 2. The Morgan fingerprint density at radius 3 is 1.93 bits per heavy atom. The van der Waals surface area contributed by atoms with Gasteiger partial charge in [0, 0.05) is 23.5 Å². The summed E-state index contributed by atoms with van der Waals surface area (Å²) in [7, 11) is 0. The first-order chi connectivity index (χ1) is 20.9. The number of aromatic nitrogens is 4. The van der Waals surface area contributed by atoms with E-state index in [2.05, 4.69) is 58.7 Å². The lowest BCUT2D eigenvalue weighted by Crippen LogP contribution is -2.44. The van der Waals surface area contributed by atoms with Gasteiger partial charge in [0.25, 0.3) is 0 Å². The average Bonchev–Trinajstić information content (AvgIpc) is 3.70. The second-order valence-electron chi connectivity index (χ2n) is 11.8. The summed E-state index contributed by atoms with van der Waals surface area (Å²) in [5.74, 6) is 1.42. The molecule has 4 aromatic rings. The summed E-state index contributed by atoms with van der Waals surface area (Å²) >= 11 is 1.55. The predicted molar refractivity (Wildman–Crippen MR) is 179 cm³/mol. The molecule has 2 heterocycles. The molecule has 0 aliphatic carbocycles. The molecule has 1 atom stereocenters. The van der Waals surface area contributed by atoms with Gasteiger partial charge in [-0.3, -0.25) is 10.1 Å². The number of hydrogen-bond acceptors (Lipinski definition) is 6. The molecule has 232 valence electrons. The van der Waals surface area contributed by atoms with Crippen LogP contribution in [0, 0.1) is 5.92 Å². The quantitative estimate of drug-likeness (QED) is 0.0957. The normalized spacial score (nSPS) is 12.8. The van der Waals surface area contributed by atoms with E-state index in [9.17, 15) is 9.59 Å². The van der Waals surface area contributed by atoms with Crippen LogP contribution in [0.2, 0.25) is 0 Å². The second kappa shape index (κ2) is 13.5. The van der Waals surface area contributed by atoms with E-state index in [-0.39, 0.29) is 5.92 Å². The Bertz CT molecular complexity index is 1620. The Morgan fingerprint density at radius 1 is 0.932 bits per heavy atom. The number of aromatic amines is 2. The van der Waals surface area contributed by atoms with Crippen LogP contribution in [0.3, 0.4) is 0 Å². The molecule has 0 aliphatic rings. The molecular weight excluding hydrogens is 572 g/mol. The van der Waals surface area contributed by atoms with Gasteiger partial charge < -0.3 is 20.0 Å². The molecule has 44 heavy (non-hydrogen) atoms. The largest absolute Gasteiger partial charge is 0.443 e. The fourth-order valence-corrected chi connectivity index (χ4v) is 5.72. The number of rotatable bonds is 12. The van der Waals surface area contributed by atoms with Crippen LogP contribution in [0.4, 0.5) is 4.79 Å². The smallest absolute Gasteiger partial charge is 0.412 e. The molecule has 0 aliphatic heterocycles. The summed E-state index contributed by atoms with van der Waals surface area (Å²) < 4.78 is 5.56. The van der Waals surface area contributed by atoms with Crippen molar-refractivity contribution in [2.45, 2.75) is 65.4 Å². The Balaban J connectivity index is 1.49. The van der Waals surface area contributed by atoms with Crippen molar-refractivity contribution < 1.29 is 14.3 Å². The molecule has 4 rings (SSSR count). The zero-order valence-electron chi connectivity index (χ0n) is 26.7. The lowest BCUT2D eigenvalue weighted by Gasteiger charge is -2.33. The van der Waals surface area contributed by atoms with Crippen molar-refractivity contribution in [3.8, 4) is 33.6 Å². The molecule has 0 fully saturated rings. The number of amides is 2. The molecule has 9 nitrogen and oxygen atoms in total. The van der Waals surface area contributed by atoms with Crippen molar-refractivity contribution in [3.63, 3.8) is 0 Å². The van der Waals surface area contributed by atoms with Gasteiger partial charge in [-0.1, -0.05) is 69.3 Å². The number of carbonyl (C=O) groups excluding carboxylic acids is 2. The van der Waals surface area contributed by atoms with Crippen LogP contribution in [0.15, 0.2) is 66.5 Å². The molecule has 2 aromatic carbocycles. The van der Waals surface area contributed by atoms with Gasteiger partial charge in [-0.15, -0.1) is 11.8 Å². The van der Waals surface area contributed by atoms with Crippen LogP contribution in [0.5, 0.6) is 0 Å². The molecule has 0 bridgehead atoms. The van der Waals surface area contributed by atoms with E-state index < -0.39 is 16.6 Å². The third kappa shape index (κ3) is 7.07. The third-order valence-corrected chi connectivity index (χ3v) is 9.22. The summed E-state index contributed by atoms with van der Waals surface area (Å²) in [6, 6.07) is 16.4. The minimum Gasteiger partial charge on any atom is -0.443 e. The number of nitrogens with one attached hydrogen (secondary N) is 4. The zero-order chi connectivity index (χ0) is 32.1. The molecule has 2 aromatic heterocycles. The van der Waals surface area contributed by atoms with Gasteiger partial charge in [0.05, 0.1) is 17.1 Å². The zero-order valence-corrected chi connectivity index (χ0v) is 27.5. The highest BCUT2D eigenvalue weighted by molar-refractivity contribution is 7.99. The number of H-pyrrole nitrogens is 2. The van der Waals surface area contributed by atoms with Crippen LogP contribution in [-0.4, -0.2) is 44.3 Å². The third-order valence-electron chi connectivity index (χ3n) is 7.79. The number of carbonyl (C=O) groups is 2.